The Balaban J connectivity index is 1.29. The highest BCUT2D eigenvalue weighted by Crippen LogP contribution is 2.18. The van der Waals surface area contributed by atoms with E-state index < -0.39 is 0 Å². The van der Waals surface area contributed by atoms with Crippen LogP contribution < -0.4 is 5.32 Å². The molecule has 29 heavy (non-hydrogen) atoms. The fourth-order valence-corrected chi connectivity index (χ4v) is 3.93. The lowest BCUT2D eigenvalue weighted by atomic mass is 9.99. The SMILES string of the molecule is C[C@@H]1CCCN(Cc2ccc(C(=O)NCc3ccc(-n4ccnc4)cc3)cc2)C1. The number of rotatable bonds is 6. The van der Waals surface area contributed by atoms with Crippen LogP contribution in [0.2, 0.25) is 0 Å². The first-order valence-electron chi connectivity index (χ1n) is 10.3. The molecule has 1 aliphatic rings. The first-order valence-corrected chi connectivity index (χ1v) is 10.3. The summed E-state index contributed by atoms with van der Waals surface area (Å²) in [5.41, 5.74) is 4.09. The topological polar surface area (TPSA) is 50.2 Å². The number of imidazole rings is 1. The second-order valence-corrected chi connectivity index (χ2v) is 8.00. The molecule has 2 aromatic carbocycles. The summed E-state index contributed by atoms with van der Waals surface area (Å²) in [5.74, 6) is 0.740. The Hall–Kier alpha value is -2.92. The Morgan fingerprint density at radius 1 is 1.10 bits per heavy atom. The smallest absolute Gasteiger partial charge is 0.251 e. The first-order chi connectivity index (χ1) is 14.2. The van der Waals surface area contributed by atoms with E-state index in [0.717, 1.165) is 23.7 Å². The zero-order valence-electron chi connectivity index (χ0n) is 16.9. The molecular formula is C24H28N4O. The minimum absolute atomic E-state index is 0.0400. The molecule has 5 nitrogen and oxygen atoms in total. The molecule has 0 bridgehead atoms. The zero-order chi connectivity index (χ0) is 20.1. The third-order valence-corrected chi connectivity index (χ3v) is 5.56. The molecule has 1 aliphatic heterocycles. The molecule has 2 heterocycles. The Morgan fingerprint density at radius 2 is 1.86 bits per heavy atom. The minimum Gasteiger partial charge on any atom is -0.348 e. The van der Waals surface area contributed by atoms with Gasteiger partial charge in [0, 0.05) is 43.3 Å². The predicted octanol–water partition coefficient (Wildman–Crippen LogP) is 4.03. The molecule has 0 aliphatic carbocycles. The van der Waals surface area contributed by atoms with Crippen molar-refractivity contribution in [1.29, 1.82) is 0 Å². The average Bonchev–Trinajstić information content (AvgIpc) is 3.28. The van der Waals surface area contributed by atoms with Gasteiger partial charge in [0.15, 0.2) is 0 Å². The lowest BCUT2D eigenvalue weighted by Gasteiger charge is -2.30. The Labute approximate surface area is 172 Å². The number of nitrogens with zero attached hydrogens (tertiary/aromatic N) is 3. The van der Waals surface area contributed by atoms with Crippen LogP contribution >= 0.6 is 0 Å². The summed E-state index contributed by atoms with van der Waals surface area (Å²) in [5, 5.41) is 3.01. The third kappa shape index (κ3) is 5.12. The monoisotopic (exact) mass is 388 g/mol. The van der Waals surface area contributed by atoms with E-state index in [0.29, 0.717) is 12.1 Å². The van der Waals surface area contributed by atoms with Crippen molar-refractivity contribution >= 4 is 5.91 Å². The zero-order valence-corrected chi connectivity index (χ0v) is 16.9. The molecular weight excluding hydrogens is 360 g/mol. The molecule has 0 spiro atoms. The number of carbonyl (C=O) groups is 1. The van der Waals surface area contributed by atoms with Gasteiger partial charge in [-0.3, -0.25) is 9.69 Å². The maximum absolute atomic E-state index is 12.5. The second kappa shape index (κ2) is 9.05. The van der Waals surface area contributed by atoms with Crippen LogP contribution in [0.15, 0.2) is 67.3 Å². The summed E-state index contributed by atoms with van der Waals surface area (Å²) in [6.07, 6.45) is 8.05. The second-order valence-electron chi connectivity index (χ2n) is 8.00. The van der Waals surface area contributed by atoms with E-state index in [1.54, 1.807) is 12.5 Å². The van der Waals surface area contributed by atoms with E-state index >= 15 is 0 Å². The number of benzene rings is 2. The summed E-state index contributed by atoms with van der Waals surface area (Å²) >= 11 is 0. The number of hydrogen-bond acceptors (Lipinski definition) is 3. The molecule has 0 unspecified atom stereocenters. The van der Waals surface area contributed by atoms with E-state index in [1.807, 2.05) is 47.2 Å². The Bertz CT molecular complexity index is 917. The van der Waals surface area contributed by atoms with Crippen LogP contribution in [0.1, 0.15) is 41.3 Å². The summed E-state index contributed by atoms with van der Waals surface area (Å²) in [6.45, 7) is 6.14. The van der Waals surface area contributed by atoms with Crippen molar-refractivity contribution in [2.75, 3.05) is 13.1 Å². The van der Waals surface area contributed by atoms with Crippen molar-refractivity contribution in [2.45, 2.75) is 32.9 Å². The summed E-state index contributed by atoms with van der Waals surface area (Å²) < 4.78 is 1.95. The fraction of sp³-hybridized carbons (Fsp3) is 0.333. The molecule has 4 rings (SSSR count). The van der Waals surface area contributed by atoms with Crippen molar-refractivity contribution in [1.82, 2.24) is 19.8 Å². The molecule has 150 valence electrons. The fourth-order valence-electron chi connectivity index (χ4n) is 3.93. The maximum atomic E-state index is 12.5. The van der Waals surface area contributed by atoms with E-state index in [2.05, 4.69) is 34.3 Å². The van der Waals surface area contributed by atoms with Gasteiger partial charge in [0.25, 0.3) is 5.91 Å². The predicted molar refractivity (Wildman–Crippen MR) is 115 cm³/mol. The number of amides is 1. The van der Waals surface area contributed by atoms with Gasteiger partial charge >= 0.3 is 0 Å². The molecule has 0 saturated carbocycles. The van der Waals surface area contributed by atoms with E-state index in [-0.39, 0.29) is 5.91 Å². The average molecular weight is 389 g/mol. The van der Waals surface area contributed by atoms with Crippen molar-refractivity contribution in [3.8, 4) is 5.69 Å². The number of hydrogen-bond donors (Lipinski definition) is 1. The van der Waals surface area contributed by atoms with E-state index in [9.17, 15) is 4.79 Å². The molecule has 1 N–H and O–H groups in total. The maximum Gasteiger partial charge on any atom is 0.251 e. The highest BCUT2D eigenvalue weighted by molar-refractivity contribution is 5.94. The molecule has 1 saturated heterocycles. The summed E-state index contributed by atoms with van der Waals surface area (Å²) in [6, 6.07) is 16.1. The first kappa shape index (κ1) is 19.4. The van der Waals surface area contributed by atoms with Crippen molar-refractivity contribution in [3.63, 3.8) is 0 Å². The van der Waals surface area contributed by atoms with Gasteiger partial charge in [-0.2, -0.15) is 0 Å². The third-order valence-electron chi connectivity index (χ3n) is 5.56. The summed E-state index contributed by atoms with van der Waals surface area (Å²) in [4.78, 5) is 19.1. The molecule has 1 amide bonds. The van der Waals surface area contributed by atoms with Crippen molar-refractivity contribution < 1.29 is 4.79 Å². The van der Waals surface area contributed by atoms with Crippen LogP contribution in [0.3, 0.4) is 0 Å². The molecule has 1 aromatic heterocycles. The van der Waals surface area contributed by atoms with Gasteiger partial charge in [-0.1, -0.05) is 31.2 Å². The molecule has 0 radical (unpaired) electrons. The van der Waals surface area contributed by atoms with Crippen LogP contribution in [0.25, 0.3) is 5.69 Å². The minimum atomic E-state index is -0.0400. The number of likely N-dealkylation sites (tertiary alicyclic amines) is 1. The largest absolute Gasteiger partial charge is 0.348 e. The highest BCUT2D eigenvalue weighted by Gasteiger charge is 2.16. The van der Waals surface area contributed by atoms with Gasteiger partial charge in [0.05, 0.1) is 6.33 Å². The standard InChI is InChI=1S/C24H28N4O/c1-19-3-2-13-27(16-19)17-21-4-8-22(9-5-21)24(29)26-15-20-6-10-23(11-7-20)28-14-12-25-18-28/h4-12,14,18-19H,2-3,13,15-17H2,1H3,(H,26,29)/t19-/m1/s1. The van der Waals surface area contributed by atoms with Crippen molar-refractivity contribution in [3.05, 3.63) is 83.9 Å². The highest BCUT2D eigenvalue weighted by atomic mass is 16.1. The normalized spacial score (nSPS) is 17.2. The molecule has 3 aromatic rings. The molecule has 1 fully saturated rings. The number of aromatic nitrogens is 2. The lowest BCUT2D eigenvalue weighted by Crippen LogP contribution is -2.33. The molecule has 1 atom stereocenters. The quantitative estimate of drug-likeness (QED) is 0.693. The number of piperidine rings is 1. The van der Waals surface area contributed by atoms with Gasteiger partial charge in [-0.05, 0) is 60.7 Å². The van der Waals surface area contributed by atoms with Gasteiger partial charge in [0.1, 0.15) is 0 Å². The molecule has 5 heteroatoms. The van der Waals surface area contributed by atoms with Gasteiger partial charge in [-0.15, -0.1) is 0 Å². The van der Waals surface area contributed by atoms with Gasteiger partial charge < -0.3 is 9.88 Å². The Morgan fingerprint density at radius 3 is 2.55 bits per heavy atom. The van der Waals surface area contributed by atoms with E-state index in [1.165, 1.54) is 31.5 Å². The van der Waals surface area contributed by atoms with Crippen LogP contribution in [0, 0.1) is 5.92 Å². The number of nitrogens with one attached hydrogen (secondary N) is 1. The van der Waals surface area contributed by atoms with Crippen LogP contribution in [-0.2, 0) is 13.1 Å². The van der Waals surface area contributed by atoms with E-state index in [4.69, 9.17) is 0 Å². The summed E-state index contributed by atoms with van der Waals surface area (Å²) in [7, 11) is 0. The van der Waals surface area contributed by atoms with Gasteiger partial charge in [0.2, 0.25) is 0 Å². The van der Waals surface area contributed by atoms with Crippen LogP contribution in [0.4, 0.5) is 0 Å². The lowest BCUT2D eigenvalue weighted by molar-refractivity contribution is 0.0951. The number of carbonyl (C=O) groups excluding carboxylic acids is 1. The van der Waals surface area contributed by atoms with Crippen LogP contribution in [0.5, 0.6) is 0 Å². The Kier molecular flexibility index (Phi) is 6.06. The van der Waals surface area contributed by atoms with Crippen molar-refractivity contribution in [2.24, 2.45) is 5.92 Å². The van der Waals surface area contributed by atoms with Gasteiger partial charge in [-0.25, -0.2) is 4.98 Å². The van der Waals surface area contributed by atoms with Crippen LogP contribution in [-0.4, -0.2) is 33.4 Å².